The second-order valence-corrected chi connectivity index (χ2v) is 7.43. The van der Waals surface area contributed by atoms with Gasteiger partial charge in [0.05, 0.1) is 16.9 Å². The third kappa shape index (κ3) is 3.28. The van der Waals surface area contributed by atoms with E-state index in [1.165, 1.54) is 0 Å². The number of hydrogen-bond acceptors (Lipinski definition) is 3. The molecule has 5 nitrogen and oxygen atoms in total. The second kappa shape index (κ2) is 7.50. The predicted octanol–water partition coefficient (Wildman–Crippen LogP) is 4.03. The Morgan fingerprint density at radius 1 is 1.18 bits per heavy atom. The lowest BCUT2D eigenvalue weighted by atomic mass is 10.0. The Morgan fingerprint density at radius 2 is 1.89 bits per heavy atom. The Balaban J connectivity index is 1.77. The van der Waals surface area contributed by atoms with Crippen LogP contribution in [0.4, 0.5) is 5.69 Å². The fourth-order valence-corrected chi connectivity index (χ4v) is 3.83. The van der Waals surface area contributed by atoms with E-state index in [1.54, 1.807) is 0 Å². The van der Waals surface area contributed by atoms with E-state index < -0.39 is 0 Å². The van der Waals surface area contributed by atoms with Gasteiger partial charge in [0.25, 0.3) is 5.91 Å². The Bertz CT molecular complexity index is 1040. The molecule has 3 aromatic rings. The molecule has 144 valence electrons. The largest absolute Gasteiger partial charge is 0.395 e. The third-order valence-electron chi connectivity index (χ3n) is 5.59. The number of aromatic nitrogens is 2. The van der Waals surface area contributed by atoms with Crippen LogP contribution in [0.2, 0.25) is 0 Å². The first-order valence-corrected chi connectivity index (χ1v) is 9.83. The third-order valence-corrected chi connectivity index (χ3v) is 5.59. The van der Waals surface area contributed by atoms with Gasteiger partial charge in [-0.2, -0.15) is 0 Å². The van der Waals surface area contributed by atoms with Crippen LogP contribution < -0.4 is 5.73 Å². The van der Waals surface area contributed by atoms with Gasteiger partial charge in [-0.05, 0) is 44.2 Å². The normalized spacial score (nSPS) is 14.4. The number of pyridine rings is 1. The summed E-state index contributed by atoms with van der Waals surface area (Å²) in [5, 5.41) is 0. The van der Waals surface area contributed by atoms with E-state index in [0.717, 1.165) is 54.1 Å². The van der Waals surface area contributed by atoms with Crippen molar-refractivity contribution in [3.05, 3.63) is 70.7 Å². The zero-order valence-electron chi connectivity index (χ0n) is 16.5. The molecule has 1 saturated heterocycles. The maximum Gasteiger partial charge on any atom is 0.255 e. The Labute approximate surface area is 165 Å². The van der Waals surface area contributed by atoms with Crippen LogP contribution in [0, 0.1) is 13.8 Å². The summed E-state index contributed by atoms with van der Waals surface area (Å²) in [5.74, 6) is 0.0694. The van der Waals surface area contributed by atoms with Crippen molar-refractivity contribution in [3.8, 4) is 0 Å². The highest BCUT2D eigenvalue weighted by Crippen LogP contribution is 2.28. The number of aryl methyl sites for hydroxylation is 2. The lowest BCUT2D eigenvalue weighted by molar-refractivity contribution is 0.0791. The highest BCUT2D eigenvalue weighted by Gasteiger charge is 2.25. The minimum Gasteiger partial charge on any atom is -0.395 e. The number of imidazole rings is 1. The van der Waals surface area contributed by atoms with Crippen molar-refractivity contribution in [1.82, 2.24) is 14.3 Å². The van der Waals surface area contributed by atoms with E-state index in [2.05, 4.69) is 29.3 Å². The summed E-state index contributed by atoms with van der Waals surface area (Å²) in [7, 11) is 0. The summed E-state index contributed by atoms with van der Waals surface area (Å²) < 4.78 is 1.96. The van der Waals surface area contributed by atoms with Crippen LogP contribution >= 0.6 is 0 Å². The van der Waals surface area contributed by atoms with Crippen molar-refractivity contribution < 1.29 is 4.79 Å². The molecule has 1 aromatic carbocycles. The summed E-state index contributed by atoms with van der Waals surface area (Å²) in [6, 6.07) is 10.1. The summed E-state index contributed by atoms with van der Waals surface area (Å²) in [6.45, 7) is 5.61. The molecule has 2 N–H and O–H groups in total. The maximum atomic E-state index is 13.2. The fourth-order valence-electron chi connectivity index (χ4n) is 3.83. The number of carbonyl (C=O) groups is 1. The van der Waals surface area contributed by atoms with Crippen molar-refractivity contribution in [2.45, 2.75) is 33.1 Å². The standard InChI is InChI=1S/C23H26N4O/c1-16-17(2)27-15-20(23(28)26-13-6-7-14-26)19(21(24)22(27)25-16)12-8-11-18-9-4-3-5-10-18/h3-5,8-11,15H,6-7,12-14,24H2,1-2H3. The first kappa shape index (κ1) is 18.3. The summed E-state index contributed by atoms with van der Waals surface area (Å²) in [5.41, 5.74) is 12.5. The van der Waals surface area contributed by atoms with Gasteiger partial charge in [0.1, 0.15) is 0 Å². The van der Waals surface area contributed by atoms with Gasteiger partial charge in [-0.1, -0.05) is 42.5 Å². The van der Waals surface area contributed by atoms with Crippen molar-refractivity contribution in [3.63, 3.8) is 0 Å². The van der Waals surface area contributed by atoms with Crippen LogP contribution in [-0.2, 0) is 6.42 Å². The Morgan fingerprint density at radius 3 is 2.61 bits per heavy atom. The van der Waals surface area contributed by atoms with Crippen LogP contribution in [0.5, 0.6) is 0 Å². The number of nitrogens with zero attached hydrogens (tertiary/aromatic N) is 3. The molecule has 1 fully saturated rings. The van der Waals surface area contributed by atoms with Gasteiger partial charge in [-0.15, -0.1) is 0 Å². The van der Waals surface area contributed by atoms with Gasteiger partial charge in [0.15, 0.2) is 5.65 Å². The molecular formula is C23H26N4O. The molecule has 0 bridgehead atoms. The minimum atomic E-state index is 0.0694. The lowest BCUT2D eigenvalue weighted by Crippen LogP contribution is -2.29. The van der Waals surface area contributed by atoms with Crippen LogP contribution in [-0.4, -0.2) is 33.3 Å². The second-order valence-electron chi connectivity index (χ2n) is 7.43. The number of fused-ring (bicyclic) bond motifs is 1. The van der Waals surface area contributed by atoms with Crippen molar-refractivity contribution in [2.24, 2.45) is 0 Å². The molecule has 2 aromatic heterocycles. The average Bonchev–Trinajstić information content (AvgIpc) is 3.34. The van der Waals surface area contributed by atoms with E-state index in [4.69, 9.17) is 5.73 Å². The van der Waals surface area contributed by atoms with Crippen LogP contribution in [0.15, 0.2) is 42.6 Å². The molecule has 1 amide bonds. The number of anilines is 1. The molecule has 5 heteroatoms. The highest BCUT2D eigenvalue weighted by molar-refractivity contribution is 5.98. The molecule has 3 heterocycles. The Hall–Kier alpha value is -3.08. The molecule has 0 spiro atoms. The van der Waals surface area contributed by atoms with Crippen LogP contribution in [0.1, 0.15) is 45.7 Å². The quantitative estimate of drug-likeness (QED) is 0.750. The van der Waals surface area contributed by atoms with E-state index in [1.807, 2.05) is 47.5 Å². The first-order valence-electron chi connectivity index (χ1n) is 9.83. The molecule has 28 heavy (non-hydrogen) atoms. The van der Waals surface area contributed by atoms with E-state index in [-0.39, 0.29) is 5.91 Å². The number of rotatable bonds is 4. The number of hydrogen-bond donors (Lipinski definition) is 1. The van der Waals surface area contributed by atoms with Gasteiger partial charge in [-0.25, -0.2) is 4.98 Å². The van der Waals surface area contributed by atoms with Gasteiger partial charge < -0.3 is 15.0 Å². The van der Waals surface area contributed by atoms with E-state index in [9.17, 15) is 4.79 Å². The number of likely N-dealkylation sites (tertiary alicyclic amines) is 1. The summed E-state index contributed by atoms with van der Waals surface area (Å²) in [4.78, 5) is 19.8. The smallest absolute Gasteiger partial charge is 0.255 e. The van der Waals surface area contributed by atoms with E-state index in [0.29, 0.717) is 17.7 Å². The zero-order valence-corrected chi connectivity index (χ0v) is 16.5. The van der Waals surface area contributed by atoms with E-state index >= 15 is 0 Å². The average molecular weight is 374 g/mol. The number of nitrogens with two attached hydrogens (primary N) is 1. The topological polar surface area (TPSA) is 63.6 Å². The maximum absolute atomic E-state index is 13.2. The molecule has 0 unspecified atom stereocenters. The highest BCUT2D eigenvalue weighted by atomic mass is 16.2. The van der Waals surface area contributed by atoms with Gasteiger partial charge in [0, 0.05) is 25.0 Å². The molecule has 0 saturated carbocycles. The molecular weight excluding hydrogens is 348 g/mol. The number of benzene rings is 1. The minimum absolute atomic E-state index is 0.0694. The zero-order chi connectivity index (χ0) is 19.7. The molecule has 1 aliphatic heterocycles. The van der Waals surface area contributed by atoms with Crippen molar-refractivity contribution in [1.29, 1.82) is 0 Å². The van der Waals surface area contributed by atoms with Crippen molar-refractivity contribution in [2.75, 3.05) is 18.8 Å². The summed E-state index contributed by atoms with van der Waals surface area (Å²) >= 11 is 0. The molecule has 0 radical (unpaired) electrons. The molecule has 4 rings (SSSR count). The monoisotopic (exact) mass is 374 g/mol. The number of allylic oxidation sites excluding steroid dienone is 1. The summed E-state index contributed by atoms with van der Waals surface area (Å²) in [6.07, 6.45) is 8.78. The molecule has 0 atom stereocenters. The first-order chi connectivity index (χ1) is 13.6. The van der Waals surface area contributed by atoms with Gasteiger partial charge in [0.2, 0.25) is 0 Å². The molecule has 0 aliphatic carbocycles. The van der Waals surface area contributed by atoms with Gasteiger partial charge in [-0.3, -0.25) is 4.79 Å². The SMILES string of the molecule is Cc1nc2c(N)c(CC=Cc3ccccc3)c(C(=O)N3CCCC3)cn2c1C. The number of nitrogen functional groups attached to an aromatic ring is 1. The van der Waals surface area contributed by atoms with Crippen LogP contribution in [0.3, 0.4) is 0 Å². The van der Waals surface area contributed by atoms with Gasteiger partial charge >= 0.3 is 0 Å². The van der Waals surface area contributed by atoms with Crippen molar-refractivity contribution >= 4 is 23.3 Å². The Kier molecular flexibility index (Phi) is 4.90. The number of amides is 1. The van der Waals surface area contributed by atoms with Crippen LogP contribution in [0.25, 0.3) is 11.7 Å². The lowest BCUT2D eigenvalue weighted by Gasteiger charge is -2.19. The predicted molar refractivity (Wildman–Crippen MR) is 113 cm³/mol. The molecule has 1 aliphatic rings. The number of carbonyl (C=O) groups excluding carboxylic acids is 1. The fraction of sp³-hybridized carbons (Fsp3) is 0.304.